The summed E-state index contributed by atoms with van der Waals surface area (Å²) in [5.74, 6) is 1.17. The van der Waals surface area contributed by atoms with E-state index in [1.807, 2.05) is 11.8 Å². The molecule has 0 aromatic carbocycles. The lowest BCUT2D eigenvalue weighted by atomic mass is 9.80. The maximum Gasteiger partial charge on any atom is 0.254 e. The summed E-state index contributed by atoms with van der Waals surface area (Å²) in [5, 5.41) is 13.9. The smallest absolute Gasteiger partial charge is 0.254 e. The van der Waals surface area contributed by atoms with Crippen LogP contribution in [0.4, 0.5) is 0 Å². The average molecular weight is 433 g/mol. The highest BCUT2D eigenvalue weighted by Gasteiger charge is 2.51. The van der Waals surface area contributed by atoms with Crippen molar-refractivity contribution in [2.75, 3.05) is 39.3 Å². The lowest BCUT2D eigenvalue weighted by molar-refractivity contribution is -0.152. The molecule has 3 aliphatic heterocycles. The van der Waals surface area contributed by atoms with Crippen molar-refractivity contribution in [3.63, 3.8) is 0 Å². The molecular formula is C24H40N4O3. The number of nitrogens with one attached hydrogen (secondary N) is 1. The molecule has 0 spiro atoms. The second-order valence-electron chi connectivity index (χ2n) is 10.9. The number of carbonyl (C=O) groups excluding carboxylic acids is 2. The van der Waals surface area contributed by atoms with Crippen LogP contribution in [0.1, 0.15) is 64.7 Å². The summed E-state index contributed by atoms with van der Waals surface area (Å²) in [6.45, 7) is 7.34. The van der Waals surface area contributed by atoms with E-state index >= 15 is 0 Å². The van der Waals surface area contributed by atoms with Gasteiger partial charge in [0.25, 0.3) is 5.91 Å². The first-order valence-corrected chi connectivity index (χ1v) is 12.7. The summed E-state index contributed by atoms with van der Waals surface area (Å²) in [7, 11) is 0. The molecule has 2 N–H and O–H groups in total. The summed E-state index contributed by atoms with van der Waals surface area (Å²) >= 11 is 0. The highest BCUT2D eigenvalue weighted by atomic mass is 16.3. The molecule has 5 fully saturated rings. The minimum atomic E-state index is -1.11. The highest BCUT2D eigenvalue weighted by molar-refractivity contribution is 5.88. The van der Waals surface area contributed by atoms with Gasteiger partial charge in [-0.2, -0.15) is 0 Å². The molecular weight excluding hydrogens is 392 g/mol. The molecule has 0 aromatic heterocycles. The summed E-state index contributed by atoms with van der Waals surface area (Å²) in [6.07, 6.45) is 9.46. The van der Waals surface area contributed by atoms with Crippen molar-refractivity contribution < 1.29 is 14.7 Å². The molecule has 3 heterocycles. The molecule has 0 aromatic rings. The van der Waals surface area contributed by atoms with Crippen molar-refractivity contribution in [2.24, 2.45) is 11.8 Å². The van der Waals surface area contributed by atoms with Crippen LogP contribution in [0.3, 0.4) is 0 Å². The van der Waals surface area contributed by atoms with E-state index in [0.29, 0.717) is 44.6 Å². The fourth-order valence-electron chi connectivity index (χ4n) is 6.59. The van der Waals surface area contributed by atoms with Gasteiger partial charge in [0.2, 0.25) is 5.91 Å². The van der Waals surface area contributed by atoms with Gasteiger partial charge in [0.1, 0.15) is 5.60 Å². The number of likely N-dealkylation sites (tertiary alicyclic amines) is 1. The zero-order valence-electron chi connectivity index (χ0n) is 19.1. The topological polar surface area (TPSA) is 76.1 Å². The molecule has 31 heavy (non-hydrogen) atoms. The number of amides is 2. The monoisotopic (exact) mass is 432 g/mol. The van der Waals surface area contributed by atoms with E-state index in [1.165, 1.54) is 38.9 Å². The molecule has 5 aliphatic rings. The third-order valence-electron chi connectivity index (χ3n) is 8.83. The van der Waals surface area contributed by atoms with Crippen molar-refractivity contribution in [1.29, 1.82) is 0 Å². The van der Waals surface area contributed by atoms with E-state index in [9.17, 15) is 14.7 Å². The Labute approximate surface area is 186 Å². The van der Waals surface area contributed by atoms with Crippen LogP contribution in [-0.2, 0) is 9.59 Å². The molecule has 0 bridgehead atoms. The number of fused-ring (bicyclic) bond motifs is 1. The van der Waals surface area contributed by atoms with E-state index in [0.717, 1.165) is 31.6 Å². The van der Waals surface area contributed by atoms with Gasteiger partial charge >= 0.3 is 0 Å². The number of aliphatic hydroxyl groups is 1. The summed E-state index contributed by atoms with van der Waals surface area (Å²) in [5.41, 5.74) is -1.11. The van der Waals surface area contributed by atoms with Crippen LogP contribution in [0, 0.1) is 11.8 Å². The second kappa shape index (κ2) is 8.64. The predicted octanol–water partition coefficient (Wildman–Crippen LogP) is 1.20. The molecule has 5 rings (SSSR count). The third kappa shape index (κ3) is 4.38. The minimum absolute atomic E-state index is 0.0181. The number of rotatable bonds is 3. The van der Waals surface area contributed by atoms with E-state index in [1.54, 1.807) is 4.90 Å². The van der Waals surface area contributed by atoms with Crippen molar-refractivity contribution in [1.82, 2.24) is 20.0 Å². The first-order chi connectivity index (χ1) is 14.9. The molecule has 3 atom stereocenters. The number of piperidine rings is 2. The van der Waals surface area contributed by atoms with Crippen LogP contribution in [0.2, 0.25) is 0 Å². The molecule has 7 heteroatoms. The summed E-state index contributed by atoms with van der Waals surface area (Å²) < 4.78 is 0. The van der Waals surface area contributed by atoms with Crippen LogP contribution in [0.25, 0.3) is 0 Å². The lowest BCUT2D eigenvalue weighted by Gasteiger charge is -2.46. The number of piperazine rings is 1. The van der Waals surface area contributed by atoms with Gasteiger partial charge in [-0.05, 0) is 83.7 Å². The Kier molecular flexibility index (Phi) is 6.03. The van der Waals surface area contributed by atoms with Gasteiger partial charge in [-0.25, -0.2) is 0 Å². The Bertz CT molecular complexity index is 688. The molecule has 2 saturated carbocycles. The fourth-order valence-corrected chi connectivity index (χ4v) is 6.59. The summed E-state index contributed by atoms with van der Waals surface area (Å²) in [4.78, 5) is 32.2. The van der Waals surface area contributed by atoms with Crippen molar-refractivity contribution in [3.8, 4) is 0 Å². The van der Waals surface area contributed by atoms with Gasteiger partial charge in [-0.3, -0.25) is 14.5 Å². The summed E-state index contributed by atoms with van der Waals surface area (Å²) in [6, 6.07) is 1.30. The normalized spacial score (nSPS) is 38.5. The van der Waals surface area contributed by atoms with Crippen molar-refractivity contribution in [2.45, 2.75) is 88.4 Å². The standard InChI is InChI=1S/C24H40N4O3/c1-17-15-27(13-14-28(17)23(30)24(31)9-10-24)22(29)19-4-6-20(7-5-19)26-12-8-18-3-2-11-25-21(18)16-26/h17-21,25,31H,2-16H2,1H3. The molecule has 3 unspecified atom stereocenters. The molecule has 2 aliphatic carbocycles. The van der Waals surface area contributed by atoms with Gasteiger partial charge in [0, 0.05) is 50.2 Å². The van der Waals surface area contributed by atoms with Gasteiger partial charge < -0.3 is 20.2 Å². The Morgan fingerprint density at radius 2 is 1.74 bits per heavy atom. The minimum Gasteiger partial charge on any atom is -0.380 e. The number of nitrogens with zero attached hydrogens (tertiary/aromatic N) is 3. The SMILES string of the molecule is CC1CN(C(=O)C2CCC(N3CCC4CCCNC4C3)CC2)CCN1C(=O)C1(O)CC1. The lowest BCUT2D eigenvalue weighted by Crippen LogP contribution is -2.59. The zero-order chi connectivity index (χ0) is 21.6. The van der Waals surface area contributed by atoms with E-state index in [4.69, 9.17) is 0 Å². The molecule has 3 saturated heterocycles. The van der Waals surface area contributed by atoms with Crippen LogP contribution >= 0.6 is 0 Å². The number of carbonyl (C=O) groups is 2. The van der Waals surface area contributed by atoms with Crippen molar-refractivity contribution in [3.05, 3.63) is 0 Å². The molecule has 0 radical (unpaired) electrons. The van der Waals surface area contributed by atoms with Gasteiger partial charge in [0.05, 0.1) is 0 Å². The molecule has 7 nitrogen and oxygen atoms in total. The van der Waals surface area contributed by atoms with Crippen molar-refractivity contribution >= 4 is 11.8 Å². The first-order valence-electron chi connectivity index (χ1n) is 12.7. The van der Waals surface area contributed by atoms with Crippen LogP contribution in [0.15, 0.2) is 0 Å². The predicted molar refractivity (Wildman–Crippen MR) is 118 cm³/mol. The Balaban J connectivity index is 1.09. The first kappa shape index (κ1) is 21.7. The van der Waals surface area contributed by atoms with Gasteiger partial charge in [-0.15, -0.1) is 0 Å². The van der Waals surface area contributed by atoms with Gasteiger partial charge in [0.15, 0.2) is 0 Å². The van der Waals surface area contributed by atoms with E-state index < -0.39 is 5.60 Å². The zero-order valence-corrected chi connectivity index (χ0v) is 19.1. The maximum atomic E-state index is 13.2. The van der Waals surface area contributed by atoms with Crippen LogP contribution in [-0.4, -0.2) is 94.6 Å². The van der Waals surface area contributed by atoms with Crippen LogP contribution in [0.5, 0.6) is 0 Å². The second-order valence-corrected chi connectivity index (χ2v) is 10.9. The average Bonchev–Trinajstić information content (AvgIpc) is 3.56. The Hall–Kier alpha value is -1.18. The highest BCUT2D eigenvalue weighted by Crippen LogP contribution is 2.38. The van der Waals surface area contributed by atoms with Gasteiger partial charge in [-0.1, -0.05) is 0 Å². The third-order valence-corrected chi connectivity index (χ3v) is 8.83. The number of hydrogen-bond acceptors (Lipinski definition) is 5. The quantitative estimate of drug-likeness (QED) is 0.701. The largest absolute Gasteiger partial charge is 0.380 e. The molecule has 174 valence electrons. The fraction of sp³-hybridized carbons (Fsp3) is 0.917. The van der Waals surface area contributed by atoms with Crippen LogP contribution < -0.4 is 5.32 Å². The van der Waals surface area contributed by atoms with E-state index in [-0.39, 0.29) is 23.8 Å². The molecule has 2 amide bonds. The Morgan fingerprint density at radius 3 is 2.45 bits per heavy atom. The van der Waals surface area contributed by atoms with E-state index in [2.05, 4.69) is 10.2 Å². The number of hydrogen-bond donors (Lipinski definition) is 2. The maximum absolute atomic E-state index is 13.2. The Morgan fingerprint density at radius 1 is 0.968 bits per heavy atom.